The van der Waals surface area contributed by atoms with Gasteiger partial charge in [-0.25, -0.2) is 4.79 Å². The number of rotatable bonds is 5. The van der Waals surface area contributed by atoms with Crippen LogP contribution in [0.1, 0.15) is 6.92 Å². The van der Waals surface area contributed by atoms with Crippen molar-refractivity contribution in [2.45, 2.75) is 6.92 Å². The van der Waals surface area contributed by atoms with E-state index in [9.17, 15) is 9.59 Å². The van der Waals surface area contributed by atoms with E-state index in [1.807, 2.05) is 49.4 Å². The van der Waals surface area contributed by atoms with Crippen LogP contribution in [0.5, 0.6) is 5.75 Å². The Labute approximate surface area is 151 Å². The molecule has 1 aromatic heterocycles. The van der Waals surface area contributed by atoms with Crippen molar-refractivity contribution >= 4 is 16.9 Å². The number of amides is 1. The van der Waals surface area contributed by atoms with Crippen molar-refractivity contribution in [3.63, 3.8) is 0 Å². The van der Waals surface area contributed by atoms with E-state index in [0.29, 0.717) is 11.3 Å². The van der Waals surface area contributed by atoms with Gasteiger partial charge in [0.1, 0.15) is 11.3 Å². The van der Waals surface area contributed by atoms with Crippen LogP contribution in [0.25, 0.3) is 22.1 Å². The fourth-order valence-electron chi connectivity index (χ4n) is 2.82. The molecule has 1 atom stereocenters. The van der Waals surface area contributed by atoms with Crippen molar-refractivity contribution < 1.29 is 13.9 Å². The maximum Gasteiger partial charge on any atom is 0.336 e. The van der Waals surface area contributed by atoms with Crippen molar-refractivity contribution in [3.8, 4) is 16.9 Å². The smallest absolute Gasteiger partial charge is 0.336 e. The molecule has 0 N–H and O–H groups in total. The van der Waals surface area contributed by atoms with Gasteiger partial charge in [0.2, 0.25) is 5.91 Å². The van der Waals surface area contributed by atoms with Gasteiger partial charge in [-0.2, -0.15) is 0 Å². The van der Waals surface area contributed by atoms with Crippen molar-refractivity contribution in [1.29, 1.82) is 0 Å². The number of hydrogen-bond acceptors (Lipinski definition) is 4. The minimum atomic E-state index is -0.412. The second kappa shape index (κ2) is 7.44. The molecule has 0 saturated carbocycles. The summed E-state index contributed by atoms with van der Waals surface area (Å²) >= 11 is 0. The van der Waals surface area contributed by atoms with Crippen LogP contribution in [-0.4, -0.2) is 31.5 Å². The van der Waals surface area contributed by atoms with E-state index >= 15 is 0 Å². The highest BCUT2D eigenvalue weighted by molar-refractivity contribution is 5.93. The van der Waals surface area contributed by atoms with E-state index in [1.54, 1.807) is 25.1 Å². The first kappa shape index (κ1) is 17.7. The average molecular weight is 351 g/mol. The van der Waals surface area contributed by atoms with Crippen LogP contribution < -0.4 is 10.4 Å². The maximum atomic E-state index is 12.0. The highest BCUT2D eigenvalue weighted by Gasteiger charge is 2.16. The molecule has 1 unspecified atom stereocenters. The van der Waals surface area contributed by atoms with Gasteiger partial charge in [-0.3, -0.25) is 4.79 Å². The lowest BCUT2D eigenvalue weighted by atomic mass is 10.0. The van der Waals surface area contributed by atoms with Gasteiger partial charge in [0.15, 0.2) is 0 Å². The first-order valence-electron chi connectivity index (χ1n) is 8.43. The number of carbonyl (C=O) groups is 1. The third-order valence-electron chi connectivity index (χ3n) is 4.16. The SMILES string of the molecule is CC(COc1ccc2c(-c3ccccc3)cc(=O)oc2c1)C(=O)N(C)C. The highest BCUT2D eigenvalue weighted by atomic mass is 16.5. The van der Waals surface area contributed by atoms with Crippen molar-refractivity contribution in [2.24, 2.45) is 5.92 Å². The molecule has 0 radical (unpaired) electrons. The van der Waals surface area contributed by atoms with E-state index in [-0.39, 0.29) is 18.4 Å². The number of carbonyl (C=O) groups excluding carboxylic acids is 1. The molecule has 2 aromatic carbocycles. The lowest BCUT2D eigenvalue weighted by Gasteiger charge is -2.17. The van der Waals surface area contributed by atoms with Crippen LogP contribution in [0.4, 0.5) is 0 Å². The second-order valence-electron chi connectivity index (χ2n) is 6.45. The Morgan fingerprint density at radius 3 is 2.54 bits per heavy atom. The third-order valence-corrected chi connectivity index (χ3v) is 4.16. The second-order valence-corrected chi connectivity index (χ2v) is 6.45. The van der Waals surface area contributed by atoms with Gasteiger partial charge in [0.05, 0.1) is 12.5 Å². The zero-order chi connectivity index (χ0) is 18.7. The van der Waals surface area contributed by atoms with Gasteiger partial charge in [0, 0.05) is 31.6 Å². The predicted octanol–water partition coefficient (Wildman–Crippen LogP) is 3.56. The van der Waals surface area contributed by atoms with Crippen LogP contribution in [0.15, 0.2) is 63.8 Å². The molecule has 26 heavy (non-hydrogen) atoms. The van der Waals surface area contributed by atoms with Crippen LogP contribution in [0.2, 0.25) is 0 Å². The summed E-state index contributed by atoms with van der Waals surface area (Å²) < 4.78 is 11.1. The lowest BCUT2D eigenvalue weighted by Crippen LogP contribution is -2.31. The zero-order valence-electron chi connectivity index (χ0n) is 15.1. The van der Waals surface area contributed by atoms with E-state index in [1.165, 1.54) is 6.07 Å². The van der Waals surface area contributed by atoms with E-state index in [4.69, 9.17) is 9.15 Å². The Morgan fingerprint density at radius 2 is 1.85 bits per heavy atom. The lowest BCUT2D eigenvalue weighted by molar-refractivity contribution is -0.133. The van der Waals surface area contributed by atoms with Gasteiger partial charge >= 0.3 is 5.63 Å². The first-order valence-corrected chi connectivity index (χ1v) is 8.43. The molecule has 0 spiro atoms. The Morgan fingerprint density at radius 1 is 1.12 bits per heavy atom. The summed E-state index contributed by atoms with van der Waals surface area (Å²) in [7, 11) is 3.43. The third kappa shape index (κ3) is 3.77. The summed E-state index contributed by atoms with van der Waals surface area (Å²) in [5, 5.41) is 0.834. The van der Waals surface area contributed by atoms with Crippen LogP contribution in [-0.2, 0) is 4.79 Å². The Balaban J connectivity index is 1.90. The van der Waals surface area contributed by atoms with E-state index in [0.717, 1.165) is 16.5 Å². The Bertz CT molecular complexity index is 976. The summed E-state index contributed by atoms with van der Waals surface area (Å²) in [6, 6.07) is 16.6. The number of hydrogen-bond donors (Lipinski definition) is 0. The molecule has 0 aliphatic rings. The molecule has 0 fully saturated rings. The number of ether oxygens (including phenoxy) is 1. The van der Waals surface area contributed by atoms with Gasteiger partial charge in [-0.15, -0.1) is 0 Å². The normalized spacial score (nSPS) is 12.0. The number of nitrogens with zero attached hydrogens (tertiary/aromatic N) is 1. The molecule has 3 rings (SSSR count). The van der Waals surface area contributed by atoms with Gasteiger partial charge in [-0.05, 0) is 23.3 Å². The quantitative estimate of drug-likeness (QED) is 0.660. The fraction of sp³-hybridized carbons (Fsp3) is 0.238. The molecule has 0 aliphatic heterocycles. The predicted molar refractivity (Wildman–Crippen MR) is 101 cm³/mol. The van der Waals surface area contributed by atoms with Crippen molar-refractivity contribution in [1.82, 2.24) is 4.90 Å². The minimum absolute atomic E-state index is 0.00341. The van der Waals surface area contributed by atoms with Crippen LogP contribution >= 0.6 is 0 Å². The first-order chi connectivity index (χ1) is 12.5. The summed E-state index contributed by atoms with van der Waals surface area (Å²) in [5.41, 5.74) is 1.81. The average Bonchev–Trinajstić information content (AvgIpc) is 2.65. The fourth-order valence-corrected chi connectivity index (χ4v) is 2.82. The standard InChI is InChI=1S/C21H21NO4/c1-14(21(24)22(2)3)13-25-16-9-10-17-18(15-7-5-4-6-8-15)12-20(23)26-19(17)11-16/h4-12,14H,13H2,1-3H3. The molecular weight excluding hydrogens is 330 g/mol. The molecule has 5 heteroatoms. The molecule has 0 saturated heterocycles. The van der Waals surface area contributed by atoms with Crippen molar-refractivity contribution in [3.05, 3.63) is 65.0 Å². The number of fused-ring (bicyclic) bond motifs is 1. The Hall–Kier alpha value is -3.08. The molecule has 3 aromatic rings. The zero-order valence-corrected chi connectivity index (χ0v) is 15.1. The molecule has 5 nitrogen and oxygen atoms in total. The highest BCUT2D eigenvalue weighted by Crippen LogP contribution is 2.29. The van der Waals surface area contributed by atoms with Gasteiger partial charge in [0.25, 0.3) is 0 Å². The topological polar surface area (TPSA) is 59.8 Å². The van der Waals surface area contributed by atoms with Crippen LogP contribution in [0.3, 0.4) is 0 Å². The van der Waals surface area contributed by atoms with Gasteiger partial charge in [-0.1, -0.05) is 37.3 Å². The summed E-state index contributed by atoms with van der Waals surface area (Å²) in [6.45, 7) is 2.07. The van der Waals surface area contributed by atoms with Crippen LogP contribution in [0, 0.1) is 5.92 Å². The minimum Gasteiger partial charge on any atom is -0.493 e. The summed E-state index contributed by atoms with van der Waals surface area (Å²) in [6.07, 6.45) is 0. The maximum absolute atomic E-state index is 12.0. The largest absolute Gasteiger partial charge is 0.493 e. The van der Waals surface area contributed by atoms with E-state index < -0.39 is 5.63 Å². The molecule has 0 bridgehead atoms. The molecular formula is C21H21NO4. The summed E-state index contributed by atoms with van der Waals surface area (Å²) in [5.74, 6) is 0.302. The molecule has 0 aliphatic carbocycles. The van der Waals surface area contributed by atoms with E-state index in [2.05, 4.69) is 0 Å². The molecule has 1 heterocycles. The molecule has 1 amide bonds. The molecule has 134 valence electrons. The number of benzene rings is 2. The summed E-state index contributed by atoms with van der Waals surface area (Å²) in [4.78, 5) is 25.4. The Kier molecular flexibility index (Phi) is 5.07. The monoisotopic (exact) mass is 351 g/mol. The van der Waals surface area contributed by atoms with Gasteiger partial charge < -0.3 is 14.1 Å². The van der Waals surface area contributed by atoms with Crippen molar-refractivity contribution in [2.75, 3.05) is 20.7 Å².